The van der Waals surface area contributed by atoms with Crippen LogP contribution in [0.5, 0.6) is 0 Å². The lowest BCUT2D eigenvalue weighted by Crippen LogP contribution is -2.46. The average Bonchev–Trinajstić information content (AvgIpc) is 3.38. The highest BCUT2D eigenvalue weighted by atomic mass is 35.5. The van der Waals surface area contributed by atoms with E-state index >= 15 is 0 Å². The Morgan fingerprint density at radius 2 is 1.60 bits per heavy atom. The molecular weight excluding hydrogens is 363 g/mol. The number of hydrogen-bond acceptors (Lipinski definition) is 3. The van der Waals surface area contributed by atoms with E-state index in [4.69, 9.17) is 23.2 Å². The van der Waals surface area contributed by atoms with Crippen LogP contribution in [-0.4, -0.2) is 22.7 Å². The second kappa shape index (κ2) is 5.08. The second-order valence-corrected chi connectivity index (χ2v) is 8.05. The second-order valence-electron chi connectivity index (χ2n) is 7.24. The predicted molar refractivity (Wildman–Crippen MR) is 90.5 cm³/mol. The highest BCUT2D eigenvalue weighted by Crippen LogP contribution is 2.65. The number of hydrazine groups is 1. The fourth-order valence-electron chi connectivity index (χ4n) is 4.87. The van der Waals surface area contributed by atoms with Gasteiger partial charge in [-0.25, -0.2) is 0 Å². The van der Waals surface area contributed by atoms with Gasteiger partial charge in [0.25, 0.3) is 17.7 Å². The van der Waals surface area contributed by atoms with E-state index in [0.29, 0.717) is 16.9 Å². The largest absolute Gasteiger partial charge is 0.272 e. The first-order chi connectivity index (χ1) is 12.0. The molecule has 0 unspecified atom stereocenters. The van der Waals surface area contributed by atoms with Crippen molar-refractivity contribution < 1.29 is 14.4 Å². The average molecular weight is 377 g/mol. The van der Waals surface area contributed by atoms with Crippen molar-refractivity contribution >= 4 is 40.9 Å². The normalized spacial score (nSPS) is 37.1. The molecule has 5 aliphatic rings. The molecule has 6 rings (SSSR count). The van der Waals surface area contributed by atoms with Crippen molar-refractivity contribution in [1.82, 2.24) is 10.4 Å². The maximum atomic E-state index is 12.8. The van der Waals surface area contributed by atoms with Crippen molar-refractivity contribution in [3.8, 4) is 0 Å². The molecule has 1 heterocycles. The van der Waals surface area contributed by atoms with Crippen LogP contribution in [0.1, 0.15) is 16.8 Å². The molecule has 1 N–H and O–H groups in total. The van der Waals surface area contributed by atoms with Gasteiger partial charge in [0.05, 0.1) is 21.9 Å². The van der Waals surface area contributed by atoms with Crippen molar-refractivity contribution in [2.75, 3.05) is 0 Å². The summed E-state index contributed by atoms with van der Waals surface area (Å²) in [6, 6.07) is 4.42. The number of benzene rings is 1. The molecule has 3 fully saturated rings. The van der Waals surface area contributed by atoms with Gasteiger partial charge < -0.3 is 0 Å². The predicted octanol–water partition coefficient (Wildman–Crippen LogP) is 2.69. The van der Waals surface area contributed by atoms with Crippen LogP contribution in [0.4, 0.5) is 0 Å². The van der Waals surface area contributed by atoms with Gasteiger partial charge in [0, 0.05) is 5.56 Å². The lowest BCUT2D eigenvalue weighted by Gasteiger charge is -2.37. The number of halogens is 2. The number of hydrogen-bond donors (Lipinski definition) is 1. The Morgan fingerprint density at radius 1 is 1.00 bits per heavy atom. The van der Waals surface area contributed by atoms with Crippen LogP contribution in [0.25, 0.3) is 0 Å². The summed E-state index contributed by atoms with van der Waals surface area (Å²) in [5, 5.41) is 1.49. The molecule has 3 amide bonds. The molecule has 0 spiro atoms. The quantitative estimate of drug-likeness (QED) is 0.637. The smallest absolute Gasteiger partial charge is 0.270 e. The Morgan fingerprint density at radius 3 is 2.16 bits per heavy atom. The van der Waals surface area contributed by atoms with E-state index in [1.165, 1.54) is 18.2 Å². The molecule has 5 nitrogen and oxygen atoms in total. The maximum absolute atomic E-state index is 12.8. The molecule has 1 saturated heterocycles. The maximum Gasteiger partial charge on any atom is 0.270 e. The molecule has 25 heavy (non-hydrogen) atoms. The summed E-state index contributed by atoms with van der Waals surface area (Å²) >= 11 is 11.8. The third-order valence-corrected chi connectivity index (χ3v) is 6.80. The van der Waals surface area contributed by atoms with E-state index in [1.807, 2.05) is 0 Å². The molecule has 0 aromatic heterocycles. The molecular formula is C18H14Cl2N2O3. The highest BCUT2D eigenvalue weighted by Gasteiger charge is 2.67. The first kappa shape index (κ1) is 15.4. The minimum atomic E-state index is -0.552. The zero-order valence-electron chi connectivity index (χ0n) is 13.0. The molecule has 128 valence electrons. The Kier molecular flexibility index (Phi) is 3.13. The van der Waals surface area contributed by atoms with Gasteiger partial charge in [0.15, 0.2) is 0 Å². The Bertz CT molecular complexity index is 832. The number of carbonyl (C=O) groups is 3. The van der Waals surface area contributed by atoms with Crippen molar-refractivity contribution in [2.24, 2.45) is 35.5 Å². The molecule has 4 aliphatic carbocycles. The van der Waals surface area contributed by atoms with Crippen LogP contribution < -0.4 is 5.43 Å². The van der Waals surface area contributed by atoms with Crippen LogP contribution in [0, 0.1) is 35.5 Å². The SMILES string of the molecule is O=C(NN1C(=O)[C@@H]2[C@@H]3C=C[C@H]([C@H]4C[C@@H]34)[C@@H]2C1=O)c1ccc(Cl)c(Cl)c1. The summed E-state index contributed by atoms with van der Waals surface area (Å²) in [5.41, 5.74) is 2.71. The van der Waals surface area contributed by atoms with Gasteiger partial charge in [-0.15, -0.1) is 0 Å². The summed E-state index contributed by atoms with van der Waals surface area (Å²) < 4.78 is 0. The van der Waals surface area contributed by atoms with E-state index in [9.17, 15) is 14.4 Å². The van der Waals surface area contributed by atoms with E-state index in [1.54, 1.807) is 0 Å². The Balaban J connectivity index is 1.40. The van der Waals surface area contributed by atoms with Gasteiger partial charge in [0.1, 0.15) is 0 Å². The fraction of sp³-hybridized carbons (Fsp3) is 0.389. The number of imide groups is 1. The third kappa shape index (κ3) is 2.06. The lowest BCUT2D eigenvalue weighted by molar-refractivity contribution is -0.143. The number of amides is 3. The first-order valence-electron chi connectivity index (χ1n) is 8.29. The molecule has 6 atom stereocenters. The van der Waals surface area contributed by atoms with Gasteiger partial charge in [0.2, 0.25) is 0 Å². The van der Waals surface area contributed by atoms with Crippen LogP contribution in [0.15, 0.2) is 30.4 Å². The topological polar surface area (TPSA) is 66.5 Å². The number of allylic oxidation sites excluding steroid dienone is 2. The van der Waals surface area contributed by atoms with Gasteiger partial charge in [-0.2, -0.15) is 5.01 Å². The lowest BCUT2D eigenvalue weighted by atomic mass is 9.63. The molecule has 2 bridgehead atoms. The van der Waals surface area contributed by atoms with E-state index < -0.39 is 5.91 Å². The van der Waals surface area contributed by atoms with Crippen molar-refractivity contribution in [3.05, 3.63) is 46.0 Å². The minimum Gasteiger partial charge on any atom is -0.272 e. The molecule has 7 heteroatoms. The van der Waals surface area contributed by atoms with Gasteiger partial charge in [-0.05, 0) is 48.3 Å². The minimum absolute atomic E-state index is 0.128. The Labute approximate surface area is 153 Å². The first-order valence-corrected chi connectivity index (χ1v) is 9.05. The molecule has 2 saturated carbocycles. The van der Waals surface area contributed by atoms with E-state index in [2.05, 4.69) is 17.6 Å². The van der Waals surface area contributed by atoms with Crippen LogP contribution in [0.3, 0.4) is 0 Å². The molecule has 0 radical (unpaired) electrons. The molecule has 1 aromatic carbocycles. The number of nitrogens with zero attached hydrogens (tertiary/aromatic N) is 1. The van der Waals surface area contributed by atoms with E-state index in [-0.39, 0.29) is 46.1 Å². The summed E-state index contributed by atoms with van der Waals surface area (Å²) in [6.45, 7) is 0. The van der Waals surface area contributed by atoms with Gasteiger partial charge in [-0.3, -0.25) is 19.8 Å². The monoisotopic (exact) mass is 376 g/mol. The number of rotatable bonds is 2. The van der Waals surface area contributed by atoms with E-state index in [0.717, 1.165) is 11.4 Å². The van der Waals surface area contributed by atoms with Crippen molar-refractivity contribution in [3.63, 3.8) is 0 Å². The van der Waals surface area contributed by atoms with Gasteiger partial charge in [-0.1, -0.05) is 35.4 Å². The summed E-state index contributed by atoms with van der Waals surface area (Å²) in [5.74, 6) is -0.504. The summed E-state index contributed by atoms with van der Waals surface area (Å²) in [4.78, 5) is 38.0. The van der Waals surface area contributed by atoms with Crippen LogP contribution >= 0.6 is 23.2 Å². The van der Waals surface area contributed by atoms with Crippen molar-refractivity contribution in [2.45, 2.75) is 6.42 Å². The molecule has 1 aliphatic heterocycles. The summed E-state index contributed by atoms with van der Waals surface area (Å²) in [6.07, 6.45) is 5.29. The van der Waals surface area contributed by atoms with Crippen LogP contribution in [-0.2, 0) is 9.59 Å². The third-order valence-electron chi connectivity index (χ3n) is 6.06. The number of nitrogens with one attached hydrogen (secondary N) is 1. The van der Waals surface area contributed by atoms with Crippen LogP contribution in [0.2, 0.25) is 10.0 Å². The highest BCUT2D eigenvalue weighted by molar-refractivity contribution is 6.42. The number of carbonyl (C=O) groups excluding carboxylic acids is 3. The fourth-order valence-corrected chi connectivity index (χ4v) is 5.17. The Hall–Kier alpha value is -1.85. The summed E-state index contributed by atoms with van der Waals surface area (Å²) in [7, 11) is 0. The zero-order chi connectivity index (χ0) is 17.5. The zero-order valence-corrected chi connectivity index (χ0v) is 14.5. The van der Waals surface area contributed by atoms with Gasteiger partial charge >= 0.3 is 0 Å². The standard InChI is InChI=1S/C18H14Cl2N2O3/c19-12-4-1-7(5-13(12)20)16(23)21-22-17(24)14-8-2-3-9(11-6-10(8)11)15(14)18(22)25/h1-5,8-11,14-15H,6H2,(H,21,23)/t8-,9-,10-,11+,14+,15-/m1/s1. The molecule has 1 aromatic rings. The van der Waals surface area contributed by atoms with Crippen molar-refractivity contribution in [1.29, 1.82) is 0 Å².